The topological polar surface area (TPSA) is 29.3 Å². The van der Waals surface area contributed by atoms with Gasteiger partial charge in [0, 0.05) is 23.3 Å². The van der Waals surface area contributed by atoms with Crippen molar-refractivity contribution in [3.63, 3.8) is 0 Å². The molecule has 0 fully saturated rings. The minimum atomic E-state index is 0.243. The van der Waals surface area contributed by atoms with E-state index in [2.05, 4.69) is 28.8 Å². The zero-order valence-electron chi connectivity index (χ0n) is 9.60. The van der Waals surface area contributed by atoms with E-state index < -0.39 is 0 Å². The van der Waals surface area contributed by atoms with Gasteiger partial charge in [-0.05, 0) is 35.5 Å². The molecule has 0 aliphatic heterocycles. The average molecular weight is 287 g/mol. The predicted octanol–water partition coefficient (Wildman–Crippen LogP) is 3.59. The predicted molar refractivity (Wildman–Crippen MR) is 76.9 cm³/mol. The second-order valence-corrected chi connectivity index (χ2v) is 6.12. The summed E-state index contributed by atoms with van der Waals surface area (Å²) in [5.74, 6) is 0. The lowest BCUT2D eigenvalue weighted by Crippen LogP contribution is -2.29. The molecular formula is C12H15ClN2S2. The van der Waals surface area contributed by atoms with Crippen LogP contribution in [-0.2, 0) is 6.54 Å². The molecule has 0 aromatic carbocycles. The molecule has 0 saturated carbocycles. The summed E-state index contributed by atoms with van der Waals surface area (Å²) in [5.41, 5.74) is 7.20. The number of halogens is 1. The molecule has 0 spiro atoms. The molecule has 2 rings (SSSR count). The van der Waals surface area contributed by atoms with Crippen LogP contribution in [0.15, 0.2) is 28.3 Å². The molecular weight excluding hydrogens is 272 g/mol. The van der Waals surface area contributed by atoms with Crippen LogP contribution >= 0.6 is 34.3 Å². The molecule has 1 atom stereocenters. The van der Waals surface area contributed by atoms with Crippen molar-refractivity contribution in [1.29, 1.82) is 0 Å². The Hall–Kier alpha value is -0.390. The third-order valence-corrected chi connectivity index (χ3v) is 4.80. The Morgan fingerprint density at radius 3 is 2.82 bits per heavy atom. The van der Waals surface area contributed by atoms with Crippen LogP contribution in [0.1, 0.15) is 16.5 Å². The van der Waals surface area contributed by atoms with Gasteiger partial charge >= 0.3 is 0 Å². The van der Waals surface area contributed by atoms with Gasteiger partial charge in [0.2, 0.25) is 0 Å². The molecule has 1 unspecified atom stereocenters. The van der Waals surface area contributed by atoms with Crippen molar-refractivity contribution in [2.24, 2.45) is 5.73 Å². The van der Waals surface area contributed by atoms with E-state index in [1.165, 1.54) is 10.4 Å². The molecule has 0 aliphatic carbocycles. The van der Waals surface area contributed by atoms with Crippen molar-refractivity contribution in [2.45, 2.75) is 12.6 Å². The number of hydrogen-bond donors (Lipinski definition) is 1. The van der Waals surface area contributed by atoms with Crippen LogP contribution in [0.25, 0.3) is 0 Å². The SMILES string of the molecule is CN(Cc1ccsc1)C(CN)c1cc(Cl)cs1. The summed E-state index contributed by atoms with van der Waals surface area (Å²) in [7, 11) is 2.10. The van der Waals surface area contributed by atoms with Crippen LogP contribution in [0.2, 0.25) is 5.02 Å². The van der Waals surface area contributed by atoms with E-state index in [1.807, 2.05) is 11.4 Å². The molecule has 2 heterocycles. The second kappa shape index (κ2) is 5.98. The third-order valence-electron chi connectivity index (χ3n) is 2.68. The summed E-state index contributed by atoms with van der Waals surface area (Å²) in [6.45, 7) is 1.53. The molecule has 2 aromatic rings. The van der Waals surface area contributed by atoms with E-state index >= 15 is 0 Å². The first kappa shape index (κ1) is 13.1. The first-order chi connectivity index (χ1) is 8.20. The zero-order chi connectivity index (χ0) is 12.3. The largest absolute Gasteiger partial charge is 0.329 e. The normalized spacial score (nSPS) is 13.2. The van der Waals surface area contributed by atoms with Gasteiger partial charge in [-0.3, -0.25) is 4.90 Å². The Morgan fingerprint density at radius 1 is 1.47 bits per heavy atom. The van der Waals surface area contributed by atoms with Crippen molar-refractivity contribution in [1.82, 2.24) is 4.90 Å². The van der Waals surface area contributed by atoms with Gasteiger partial charge in [-0.2, -0.15) is 11.3 Å². The maximum Gasteiger partial charge on any atom is 0.0565 e. The smallest absolute Gasteiger partial charge is 0.0565 e. The van der Waals surface area contributed by atoms with E-state index in [0.717, 1.165) is 11.6 Å². The summed E-state index contributed by atoms with van der Waals surface area (Å²) in [4.78, 5) is 3.50. The molecule has 2 nitrogen and oxygen atoms in total. The molecule has 92 valence electrons. The van der Waals surface area contributed by atoms with Crippen molar-refractivity contribution >= 4 is 34.3 Å². The number of rotatable bonds is 5. The maximum absolute atomic E-state index is 5.96. The van der Waals surface area contributed by atoms with E-state index in [4.69, 9.17) is 17.3 Å². The molecule has 0 radical (unpaired) electrons. The quantitative estimate of drug-likeness (QED) is 0.910. The lowest BCUT2D eigenvalue weighted by Gasteiger charge is -2.25. The summed E-state index contributed by atoms with van der Waals surface area (Å²) < 4.78 is 0. The van der Waals surface area contributed by atoms with E-state index in [0.29, 0.717) is 6.54 Å². The highest BCUT2D eigenvalue weighted by molar-refractivity contribution is 7.10. The van der Waals surface area contributed by atoms with Gasteiger partial charge in [0.1, 0.15) is 0 Å². The van der Waals surface area contributed by atoms with Crippen molar-refractivity contribution in [2.75, 3.05) is 13.6 Å². The van der Waals surface area contributed by atoms with Gasteiger partial charge in [0.25, 0.3) is 0 Å². The minimum absolute atomic E-state index is 0.243. The van der Waals surface area contributed by atoms with Gasteiger partial charge in [-0.15, -0.1) is 11.3 Å². The average Bonchev–Trinajstić information content (AvgIpc) is 2.91. The van der Waals surface area contributed by atoms with Crippen molar-refractivity contribution in [3.8, 4) is 0 Å². The van der Waals surface area contributed by atoms with Gasteiger partial charge in [-0.25, -0.2) is 0 Å². The van der Waals surface area contributed by atoms with Crippen LogP contribution < -0.4 is 5.73 Å². The molecule has 5 heteroatoms. The third kappa shape index (κ3) is 3.30. The Kier molecular flexibility index (Phi) is 4.59. The van der Waals surface area contributed by atoms with Gasteiger partial charge in [-0.1, -0.05) is 11.6 Å². The Balaban J connectivity index is 2.07. The van der Waals surface area contributed by atoms with Gasteiger partial charge < -0.3 is 5.73 Å². The minimum Gasteiger partial charge on any atom is -0.329 e. The van der Waals surface area contributed by atoms with Gasteiger partial charge in [0.05, 0.1) is 11.1 Å². The number of thiophene rings is 2. The fraction of sp³-hybridized carbons (Fsp3) is 0.333. The Bertz CT molecular complexity index is 453. The second-order valence-electron chi connectivity index (χ2n) is 3.97. The van der Waals surface area contributed by atoms with Crippen LogP contribution in [-0.4, -0.2) is 18.5 Å². The molecule has 0 aliphatic rings. The summed E-state index contributed by atoms with van der Waals surface area (Å²) in [6, 6.07) is 4.40. The maximum atomic E-state index is 5.96. The fourth-order valence-corrected chi connectivity index (χ4v) is 3.72. The van der Waals surface area contributed by atoms with E-state index in [1.54, 1.807) is 22.7 Å². The summed E-state index contributed by atoms with van der Waals surface area (Å²) >= 11 is 9.36. The fourth-order valence-electron chi connectivity index (χ4n) is 1.80. The Labute approximate surface area is 115 Å². The molecule has 2 aromatic heterocycles. The molecule has 17 heavy (non-hydrogen) atoms. The highest BCUT2D eigenvalue weighted by atomic mass is 35.5. The first-order valence-corrected chi connectivity index (χ1v) is 7.56. The number of nitrogens with two attached hydrogens (primary N) is 1. The van der Waals surface area contributed by atoms with Crippen LogP contribution in [0, 0.1) is 0 Å². The summed E-state index contributed by atoms with van der Waals surface area (Å²) in [6.07, 6.45) is 0. The monoisotopic (exact) mass is 286 g/mol. The van der Waals surface area contributed by atoms with Crippen LogP contribution in [0.4, 0.5) is 0 Å². The molecule has 2 N–H and O–H groups in total. The van der Waals surface area contributed by atoms with Gasteiger partial charge in [0.15, 0.2) is 0 Å². The number of hydrogen-bond acceptors (Lipinski definition) is 4. The first-order valence-electron chi connectivity index (χ1n) is 5.36. The number of likely N-dealkylation sites (N-methyl/N-ethyl adjacent to an activating group) is 1. The zero-order valence-corrected chi connectivity index (χ0v) is 12.0. The van der Waals surface area contributed by atoms with Crippen LogP contribution in [0.3, 0.4) is 0 Å². The lowest BCUT2D eigenvalue weighted by molar-refractivity contribution is 0.245. The highest BCUT2D eigenvalue weighted by Gasteiger charge is 2.17. The van der Waals surface area contributed by atoms with Crippen molar-refractivity contribution < 1.29 is 0 Å². The molecule has 0 amide bonds. The summed E-state index contributed by atoms with van der Waals surface area (Å²) in [5, 5.41) is 7.03. The van der Waals surface area contributed by atoms with Crippen LogP contribution in [0.5, 0.6) is 0 Å². The lowest BCUT2D eigenvalue weighted by atomic mass is 10.2. The molecule has 0 saturated heterocycles. The standard InChI is InChI=1S/C12H15ClN2S2/c1-15(6-9-2-3-16-7-9)11(5-14)12-4-10(13)8-17-12/h2-4,7-8,11H,5-6,14H2,1H3. The highest BCUT2D eigenvalue weighted by Crippen LogP contribution is 2.29. The van der Waals surface area contributed by atoms with E-state index in [9.17, 15) is 0 Å². The van der Waals surface area contributed by atoms with E-state index in [-0.39, 0.29) is 6.04 Å². The number of nitrogens with zero attached hydrogens (tertiary/aromatic N) is 1. The van der Waals surface area contributed by atoms with Crippen molar-refractivity contribution in [3.05, 3.63) is 43.7 Å². The Morgan fingerprint density at radius 2 is 2.29 bits per heavy atom. The molecule has 0 bridgehead atoms.